The zero-order chi connectivity index (χ0) is 20.7. The molecule has 0 aliphatic carbocycles. The fourth-order valence-corrected chi connectivity index (χ4v) is 4.31. The molecular formula is C25H33NO3. The Kier molecular flexibility index (Phi) is 7.32. The van der Waals surface area contributed by atoms with E-state index < -0.39 is 0 Å². The first-order valence-electron chi connectivity index (χ1n) is 10.4. The maximum absolute atomic E-state index is 5.95. The number of ether oxygens (including phenoxy) is 3. The van der Waals surface area contributed by atoms with Gasteiger partial charge in [-0.05, 0) is 74.3 Å². The lowest BCUT2D eigenvalue weighted by Crippen LogP contribution is -2.36. The summed E-state index contributed by atoms with van der Waals surface area (Å²) < 4.78 is 16.6. The van der Waals surface area contributed by atoms with Crippen molar-refractivity contribution in [1.82, 2.24) is 0 Å². The first-order chi connectivity index (χ1) is 14.0. The maximum Gasteiger partial charge on any atom is 0.161 e. The van der Waals surface area contributed by atoms with Gasteiger partial charge in [0.15, 0.2) is 11.5 Å². The quantitative estimate of drug-likeness (QED) is 0.554. The van der Waals surface area contributed by atoms with Crippen molar-refractivity contribution in [3.05, 3.63) is 59.7 Å². The van der Waals surface area contributed by atoms with Crippen LogP contribution in [0.4, 0.5) is 0 Å². The van der Waals surface area contributed by atoms with Crippen LogP contribution in [0.15, 0.2) is 53.5 Å². The molecule has 0 saturated carbocycles. The second kappa shape index (κ2) is 9.93. The van der Waals surface area contributed by atoms with Crippen LogP contribution in [0.5, 0.6) is 11.5 Å². The summed E-state index contributed by atoms with van der Waals surface area (Å²) in [6, 6.07) is 16.7. The molecule has 29 heavy (non-hydrogen) atoms. The predicted octanol–water partition coefficient (Wildman–Crippen LogP) is 5.50. The van der Waals surface area contributed by atoms with E-state index in [0.717, 1.165) is 49.5 Å². The summed E-state index contributed by atoms with van der Waals surface area (Å²) in [6.45, 7) is 6.05. The van der Waals surface area contributed by atoms with Crippen LogP contribution >= 0.6 is 0 Å². The number of nitrogens with zero attached hydrogens (tertiary/aromatic N) is 1. The number of aliphatic imine (C=N–C) groups is 1. The van der Waals surface area contributed by atoms with E-state index in [9.17, 15) is 0 Å². The van der Waals surface area contributed by atoms with Crippen molar-refractivity contribution in [3.8, 4) is 11.5 Å². The highest BCUT2D eigenvalue weighted by atomic mass is 16.5. The summed E-state index contributed by atoms with van der Waals surface area (Å²) in [4.78, 5) is 4.72. The first kappa shape index (κ1) is 21.4. The zero-order valence-electron chi connectivity index (χ0n) is 18.1. The number of methoxy groups -OCH3 is 2. The Morgan fingerprint density at radius 3 is 2.55 bits per heavy atom. The van der Waals surface area contributed by atoms with Gasteiger partial charge in [-0.15, -0.1) is 0 Å². The number of rotatable bonds is 8. The third-order valence-corrected chi connectivity index (χ3v) is 5.75. The minimum Gasteiger partial charge on any atom is -0.493 e. The lowest BCUT2D eigenvalue weighted by Gasteiger charge is -2.39. The molecule has 4 heteroatoms. The van der Waals surface area contributed by atoms with Crippen molar-refractivity contribution in [1.29, 1.82) is 0 Å². The molecule has 0 bridgehead atoms. The van der Waals surface area contributed by atoms with Crippen molar-refractivity contribution in [2.45, 2.75) is 44.6 Å². The lowest BCUT2D eigenvalue weighted by atomic mass is 9.75. The van der Waals surface area contributed by atoms with Crippen molar-refractivity contribution < 1.29 is 14.2 Å². The highest BCUT2D eigenvalue weighted by Crippen LogP contribution is 2.40. The third-order valence-electron chi connectivity index (χ3n) is 5.75. The van der Waals surface area contributed by atoms with Gasteiger partial charge in [-0.2, -0.15) is 0 Å². The van der Waals surface area contributed by atoms with E-state index in [0.29, 0.717) is 11.8 Å². The standard InChI is InChI=1S/C25H33NO3/c1-25(2)17-21(13-15-29-25)22(20-8-6-5-7-9-20)12-14-26-18-19-10-11-23(27-3)24(16-19)28-4/h5-11,16,18,21-22H,12-15,17H2,1-4H3. The van der Waals surface area contributed by atoms with Gasteiger partial charge in [0.1, 0.15) is 0 Å². The van der Waals surface area contributed by atoms with Gasteiger partial charge in [-0.3, -0.25) is 4.99 Å². The second-order valence-corrected chi connectivity index (χ2v) is 8.32. The van der Waals surface area contributed by atoms with Crippen LogP contribution in [-0.4, -0.2) is 39.2 Å². The minimum atomic E-state index is -0.0428. The van der Waals surface area contributed by atoms with Crippen LogP contribution in [0.25, 0.3) is 0 Å². The van der Waals surface area contributed by atoms with E-state index in [1.54, 1.807) is 14.2 Å². The van der Waals surface area contributed by atoms with Gasteiger partial charge in [0.05, 0.1) is 19.8 Å². The highest BCUT2D eigenvalue weighted by molar-refractivity contribution is 5.80. The fraction of sp³-hybridized carbons (Fsp3) is 0.480. The van der Waals surface area contributed by atoms with Crippen molar-refractivity contribution in [2.24, 2.45) is 10.9 Å². The van der Waals surface area contributed by atoms with Crippen molar-refractivity contribution in [2.75, 3.05) is 27.4 Å². The molecule has 2 aromatic rings. The summed E-state index contributed by atoms with van der Waals surface area (Å²) in [6.07, 6.45) is 5.17. The van der Waals surface area contributed by atoms with Crippen molar-refractivity contribution in [3.63, 3.8) is 0 Å². The van der Waals surface area contributed by atoms with E-state index >= 15 is 0 Å². The minimum absolute atomic E-state index is 0.0428. The lowest BCUT2D eigenvalue weighted by molar-refractivity contribution is -0.0771. The third kappa shape index (κ3) is 5.83. The van der Waals surface area contributed by atoms with Gasteiger partial charge in [-0.1, -0.05) is 30.3 Å². The highest BCUT2D eigenvalue weighted by Gasteiger charge is 2.33. The molecule has 0 aromatic heterocycles. The van der Waals surface area contributed by atoms with Gasteiger partial charge in [0.2, 0.25) is 0 Å². The van der Waals surface area contributed by atoms with Gasteiger partial charge in [-0.25, -0.2) is 0 Å². The topological polar surface area (TPSA) is 40.0 Å². The largest absolute Gasteiger partial charge is 0.493 e. The van der Waals surface area contributed by atoms with Gasteiger partial charge in [0, 0.05) is 19.4 Å². The van der Waals surface area contributed by atoms with Crippen LogP contribution in [-0.2, 0) is 4.74 Å². The molecule has 1 aliphatic heterocycles. The molecular weight excluding hydrogens is 362 g/mol. The van der Waals surface area contributed by atoms with E-state index in [-0.39, 0.29) is 5.60 Å². The Bertz CT molecular complexity index is 801. The van der Waals surface area contributed by atoms with Crippen LogP contribution in [0.3, 0.4) is 0 Å². The molecule has 2 unspecified atom stereocenters. The molecule has 1 aliphatic rings. The van der Waals surface area contributed by atoms with Crippen LogP contribution in [0, 0.1) is 5.92 Å². The molecule has 1 saturated heterocycles. The van der Waals surface area contributed by atoms with Crippen LogP contribution in [0.2, 0.25) is 0 Å². The van der Waals surface area contributed by atoms with Gasteiger partial charge < -0.3 is 14.2 Å². The summed E-state index contributed by atoms with van der Waals surface area (Å²) in [5, 5.41) is 0. The summed E-state index contributed by atoms with van der Waals surface area (Å²) >= 11 is 0. The zero-order valence-corrected chi connectivity index (χ0v) is 18.1. The van der Waals surface area contributed by atoms with E-state index in [4.69, 9.17) is 19.2 Å². The van der Waals surface area contributed by atoms with E-state index in [1.807, 2.05) is 24.4 Å². The molecule has 2 atom stereocenters. The number of hydrogen-bond acceptors (Lipinski definition) is 4. The smallest absolute Gasteiger partial charge is 0.161 e. The number of hydrogen-bond donors (Lipinski definition) is 0. The Morgan fingerprint density at radius 2 is 1.86 bits per heavy atom. The van der Waals surface area contributed by atoms with E-state index in [2.05, 4.69) is 44.2 Å². The predicted molar refractivity (Wildman–Crippen MR) is 119 cm³/mol. The summed E-state index contributed by atoms with van der Waals surface area (Å²) in [7, 11) is 3.30. The summed E-state index contributed by atoms with van der Waals surface area (Å²) in [5.41, 5.74) is 2.39. The molecule has 1 fully saturated rings. The van der Waals surface area contributed by atoms with Crippen molar-refractivity contribution >= 4 is 6.21 Å². The summed E-state index contributed by atoms with van der Waals surface area (Å²) in [5.74, 6) is 2.58. The fourth-order valence-electron chi connectivity index (χ4n) is 4.31. The second-order valence-electron chi connectivity index (χ2n) is 8.32. The molecule has 3 rings (SSSR count). The molecule has 0 radical (unpaired) electrons. The number of benzene rings is 2. The molecule has 156 valence electrons. The van der Waals surface area contributed by atoms with Gasteiger partial charge in [0.25, 0.3) is 0 Å². The molecule has 2 aromatic carbocycles. The Hall–Kier alpha value is -2.33. The normalized spacial score (nSPS) is 19.8. The first-order valence-corrected chi connectivity index (χ1v) is 10.4. The molecule has 0 N–H and O–H groups in total. The van der Waals surface area contributed by atoms with Gasteiger partial charge >= 0.3 is 0 Å². The monoisotopic (exact) mass is 395 g/mol. The molecule has 0 spiro atoms. The van der Waals surface area contributed by atoms with Crippen LogP contribution in [0.1, 0.15) is 50.2 Å². The Balaban J connectivity index is 1.68. The Morgan fingerprint density at radius 1 is 1.10 bits per heavy atom. The average Bonchev–Trinajstić information content (AvgIpc) is 2.73. The average molecular weight is 396 g/mol. The molecule has 1 heterocycles. The maximum atomic E-state index is 5.95. The van der Waals surface area contributed by atoms with Crippen LogP contribution < -0.4 is 9.47 Å². The molecule has 4 nitrogen and oxygen atoms in total. The molecule has 0 amide bonds. The SMILES string of the molecule is COc1ccc(C=NCCC(c2ccccc2)C2CCOC(C)(C)C2)cc1OC. The van der Waals surface area contributed by atoms with E-state index in [1.165, 1.54) is 5.56 Å². The Labute approximate surface area is 174 Å².